The van der Waals surface area contributed by atoms with Gasteiger partial charge in [0.15, 0.2) is 0 Å². The quantitative estimate of drug-likeness (QED) is 0.778. The van der Waals surface area contributed by atoms with Gasteiger partial charge in [-0.15, -0.1) is 6.58 Å². The molecule has 0 aromatic heterocycles. The van der Waals surface area contributed by atoms with Crippen molar-refractivity contribution in [2.24, 2.45) is 0 Å². The molecule has 0 heterocycles. The van der Waals surface area contributed by atoms with Crippen molar-refractivity contribution in [3.05, 3.63) is 42.0 Å². The van der Waals surface area contributed by atoms with Gasteiger partial charge in [0.2, 0.25) is 10.0 Å². The van der Waals surface area contributed by atoms with Crippen LogP contribution in [-0.2, 0) is 23.1 Å². The Balaban J connectivity index is 3.36. The Morgan fingerprint density at radius 2 is 2.05 bits per heavy atom. The topological polar surface area (TPSA) is 57.6 Å². The van der Waals surface area contributed by atoms with Crippen LogP contribution in [0.1, 0.15) is 25.0 Å². The lowest BCUT2D eigenvalue weighted by atomic mass is 10.1. The van der Waals surface area contributed by atoms with Crippen molar-refractivity contribution in [3.63, 3.8) is 0 Å². The van der Waals surface area contributed by atoms with Crippen LogP contribution in [0.3, 0.4) is 0 Å². The van der Waals surface area contributed by atoms with E-state index in [1.807, 2.05) is 6.92 Å². The van der Waals surface area contributed by atoms with Gasteiger partial charge in [0.05, 0.1) is 11.5 Å². The Labute approximate surface area is 115 Å². The second-order valence-corrected chi connectivity index (χ2v) is 6.10. The summed E-state index contributed by atoms with van der Waals surface area (Å²) in [5, 5.41) is 9.17. The first-order valence-electron chi connectivity index (χ1n) is 6.34. The van der Waals surface area contributed by atoms with Gasteiger partial charge in [-0.2, -0.15) is 4.31 Å². The standard InChI is InChI=1S/C14H21NO3S/c1-4-9-15(6-3)19(17,18)14-10-12(11-16)7-8-13(14)5-2/h4,7-8,10,16H,1,5-6,9,11H2,2-3H3. The summed E-state index contributed by atoms with van der Waals surface area (Å²) in [4.78, 5) is 0.283. The zero-order chi connectivity index (χ0) is 14.5. The van der Waals surface area contributed by atoms with Crippen molar-refractivity contribution < 1.29 is 13.5 Å². The number of hydrogen-bond acceptors (Lipinski definition) is 3. The minimum atomic E-state index is -3.54. The number of aryl methyl sites for hydroxylation is 1. The predicted molar refractivity (Wildman–Crippen MR) is 76.4 cm³/mol. The van der Waals surface area contributed by atoms with E-state index in [0.29, 0.717) is 18.5 Å². The number of hydrogen-bond donors (Lipinski definition) is 1. The average molecular weight is 283 g/mol. The van der Waals surface area contributed by atoms with Crippen molar-refractivity contribution in [1.82, 2.24) is 4.31 Å². The summed E-state index contributed by atoms with van der Waals surface area (Å²) in [6.45, 7) is 7.80. The summed E-state index contributed by atoms with van der Waals surface area (Å²) in [6, 6.07) is 5.07. The summed E-state index contributed by atoms with van der Waals surface area (Å²) in [5.74, 6) is 0. The molecule has 0 aliphatic heterocycles. The van der Waals surface area contributed by atoms with Crippen LogP contribution in [0.5, 0.6) is 0 Å². The smallest absolute Gasteiger partial charge is 0.243 e. The fourth-order valence-electron chi connectivity index (χ4n) is 1.91. The molecule has 0 saturated carbocycles. The average Bonchev–Trinajstić information content (AvgIpc) is 2.43. The van der Waals surface area contributed by atoms with E-state index in [-0.39, 0.29) is 18.0 Å². The Morgan fingerprint density at radius 3 is 2.53 bits per heavy atom. The maximum atomic E-state index is 12.6. The zero-order valence-electron chi connectivity index (χ0n) is 11.5. The number of nitrogens with zero attached hydrogens (tertiary/aromatic N) is 1. The highest BCUT2D eigenvalue weighted by Gasteiger charge is 2.24. The molecule has 1 rings (SSSR count). The molecule has 1 N–H and O–H groups in total. The molecule has 19 heavy (non-hydrogen) atoms. The van der Waals surface area contributed by atoms with Gasteiger partial charge in [0.25, 0.3) is 0 Å². The Hall–Kier alpha value is -1.17. The lowest BCUT2D eigenvalue weighted by molar-refractivity contribution is 0.281. The maximum absolute atomic E-state index is 12.6. The largest absolute Gasteiger partial charge is 0.392 e. The summed E-state index contributed by atoms with van der Waals surface area (Å²) in [7, 11) is -3.54. The zero-order valence-corrected chi connectivity index (χ0v) is 12.3. The normalized spacial score (nSPS) is 11.8. The van der Waals surface area contributed by atoms with Crippen molar-refractivity contribution in [2.45, 2.75) is 31.8 Å². The van der Waals surface area contributed by atoms with Crippen molar-refractivity contribution in [3.8, 4) is 0 Å². The molecule has 1 aromatic carbocycles. The van der Waals surface area contributed by atoms with Gasteiger partial charge in [0.1, 0.15) is 0 Å². The van der Waals surface area contributed by atoms with Crippen LogP contribution in [0.15, 0.2) is 35.7 Å². The van der Waals surface area contributed by atoms with E-state index in [1.54, 1.807) is 31.2 Å². The second kappa shape index (κ2) is 6.84. The summed E-state index contributed by atoms with van der Waals surface area (Å²) < 4.78 is 26.6. The Morgan fingerprint density at radius 1 is 1.37 bits per heavy atom. The molecule has 0 saturated heterocycles. The lowest BCUT2D eigenvalue weighted by Crippen LogP contribution is -2.31. The molecular weight excluding hydrogens is 262 g/mol. The molecule has 0 fully saturated rings. The molecule has 0 bridgehead atoms. The lowest BCUT2D eigenvalue weighted by Gasteiger charge is -2.21. The van der Waals surface area contributed by atoms with Gasteiger partial charge in [0, 0.05) is 13.1 Å². The molecule has 0 radical (unpaired) electrons. The highest BCUT2D eigenvalue weighted by Crippen LogP contribution is 2.22. The fourth-order valence-corrected chi connectivity index (χ4v) is 3.67. The number of aliphatic hydroxyl groups excluding tert-OH is 1. The summed E-state index contributed by atoms with van der Waals surface area (Å²) in [6.07, 6.45) is 2.20. The van der Waals surface area contributed by atoms with Crippen LogP contribution in [0.25, 0.3) is 0 Å². The van der Waals surface area contributed by atoms with E-state index < -0.39 is 10.0 Å². The number of likely N-dealkylation sites (N-methyl/N-ethyl adjacent to an activating group) is 1. The number of sulfonamides is 1. The Kier molecular flexibility index (Phi) is 5.72. The van der Waals surface area contributed by atoms with Crippen molar-refractivity contribution in [1.29, 1.82) is 0 Å². The molecule has 1 aromatic rings. The van der Waals surface area contributed by atoms with E-state index >= 15 is 0 Å². The number of rotatable bonds is 7. The third-order valence-electron chi connectivity index (χ3n) is 3.00. The van der Waals surface area contributed by atoms with Gasteiger partial charge < -0.3 is 5.11 Å². The number of benzene rings is 1. The number of aliphatic hydroxyl groups is 1. The van der Waals surface area contributed by atoms with E-state index in [1.165, 1.54) is 4.31 Å². The van der Waals surface area contributed by atoms with E-state index in [2.05, 4.69) is 6.58 Å². The summed E-state index contributed by atoms with van der Waals surface area (Å²) in [5.41, 5.74) is 1.37. The minimum absolute atomic E-state index is 0.167. The molecule has 0 unspecified atom stereocenters. The van der Waals surface area contributed by atoms with Crippen LogP contribution in [-0.4, -0.2) is 30.9 Å². The minimum Gasteiger partial charge on any atom is -0.392 e. The van der Waals surface area contributed by atoms with Gasteiger partial charge >= 0.3 is 0 Å². The fraction of sp³-hybridized carbons (Fsp3) is 0.429. The predicted octanol–water partition coefficient (Wildman–Crippen LogP) is 1.94. The molecule has 106 valence electrons. The van der Waals surface area contributed by atoms with Gasteiger partial charge in [-0.1, -0.05) is 32.1 Å². The maximum Gasteiger partial charge on any atom is 0.243 e. The van der Waals surface area contributed by atoms with Crippen LogP contribution in [0, 0.1) is 0 Å². The highest BCUT2D eigenvalue weighted by atomic mass is 32.2. The van der Waals surface area contributed by atoms with Gasteiger partial charge in [-0.05, 0) is 23.6 Å². The SMILES string of the molecule is C=CCN(CC)S(=O)(=O)c1cc(CO)ccc1CC. The highest BCUT2D eigenvalue weighted by molar-refractivity contribution is 7.89. The molecule has 0 atom stereocenters. The molecule has 0 amide bonds. The molecule has 4 nitrogen and oxygen atoms in total. The first-order chi connectivity index (χ1) is 9.01. The van der Waals surface area contributed by atoms with Crippen LogP contribution < -0.4 is 0 Å². The van der Waals surface area contributed by atoms with Crippen LogP contribution in [0.2, 0.25) is 0 Å². The summed E-state index contributed by atoms with van der Waals surface area (Å²) >= 11 is 0. The molecule has 0 aliphatic carbocycles. The molecular formula is C14H21NO3S. The van der Waals surface area contributed by atoms with Gasteiger partial charge in [-0.25, -0.2) is 8.42 Å². The van der Waals surface area contributed by atoms with E-state index in [9.17, 15) is 8.42 Å². The Bertz CT molecular complexity index is 538. The van der Waals surface area contributed by atoms with Crippen molar-refractivity contribution in [2.75, 3.05) is 13.1 Å². The molecule has 5 heteroatoms. The van der Waals surface area contributed by atoms with Crippen LogP contribution in [0.4, 0.5) is 0 Å². The third-order valence-corrected chi connectivity index (χ3v) is 5.02. The first-order valence-corrected chi connectivity index (χ1v) is 7.78. The van der Waals surface area contributed by atoms with Crippen LogP contribution >= 0.6 is 0 Å². The van der Waals surface area contributed by atoms with Gasteiger partial charge in [-0.3, -0.25) is 0 Å². The molecule has 0 spiro atoms. The second-order valence-electron chi connectivity index (χ2n) is 4.20. The van der Waals surface area contributed by atoms with E-state index in [0.717, 1.165) is 5.56 Å². The molecule has 0 aliphatic rings. The monoisotopic (exact) mass is 283 g/mol. The van der Waals surface area contributed by atoms with Crippen molar-refractivity contribution >= 4 is 10.0 Å². The van der Waals surface area contributed by atoms with E-state index in [4.69, 9.17) is 5.11 Å². The first kappa shape index (κ1) is 15.9. The third kappa shape index (κ3) is 3.43.